The molecule has 0 fully saturated rings. The molecular formula is C17H19BrN2O3S. The Morgan fingerprint density at radius 2 is 1.88 bits per heavy atom. The maximum atomic E-state index is 12.2. The van der Waals surface area contributed by atoms with Crippen LogP contribution < -0.4 is 10.0 Å². The topological polar surface area (TPSA) is 75.3 Å². The van der Waals surface area contributed by atoms with E-state index in [4.69, 9.17) is 0 Å². The molecule has 128 valence electrons. The lowest BCUT2D eigenvalue weighted by Gasteiger charge is -2.10. The maximum Gasteiger partial charge on any atom is 0.240 e. The monoisotopic (exact) mass is 410 g/mol. The van der Waals surface area contributed by atoms with E-state index in [0.29, 0.717) is 4.47 Å². The maximum absolute atomic E-state index is 12.2. The fourth-order valence-electron chi connectivity index (χ4n) is 2.18. The van der Waals surface area contributed by atoms with Crippen LogP contribution in [-0.4, -0.2) is 20.9 Å². The first-order chi connectivity index (χ1) is 11.4. The molecule has 0 heterocycles. The van der Waals surface area contributed by atoms with Gasteiger partial charge >= 0.3 is 0 Å². The summed E-state index contributed by atoms with van der Waals surface area (Å²) in [6.07, 6.45) is 0.872. The SMILES string of the molecule is CCc1ccccc1NC(=O)CCNS(=O)(=O)c1cccc(Br)c1. The number of para-hydroxylation sites is 1. The number of anilines is 1. The van der Waals surface area contributed by atoms with Gasteiger partial charge in [-0.05, 0) is 36.2 Å². The molecule has 2 aromatic rings. The zero-order valence-corrected chi connectivity index (χ0v) is 15.7. The van der Waals surface area contributed by atoms with Gasteiger partial charge in [0.05, 0.1) is 4.90 Å². The van der Waals surface area contributed by atoms with E-state index < -0.39 is 10.0 Å². The third-order valence-electron chi connectivity index (χ3n) is 3.42. The molecule has 0 saturated carbocycles. The minimum Gasteiger partial charge on any atom is -0.326 e. The fourth-order valence-corrected chi connectivity index (χ4v) is 3.81. The number of nitrogens with one attached hydrogen (secondary N) is 2. The lowest BCUT2D eigenvalue weighted by atomic mass is 10.1. The minimum absolute atomic E-state index is 0.0367. The first-order valence-electron chi connectivity index (χ1n) is 7.55. The second kappa shape index (κ2) is 8.41. The Labute approximate surface area is 150 Å². The molecule has 0 unspecified atom stereocenters. The Bertz CT molecular complexity index is 822. The van der Waals surface area contributed by atoms with Crippen LogP contribution in [0.15, 0.2) is 57.9 Å². The highest BCUT2D eigenvalue weighted by atomic mass is 79.9. The number of benzene rings is 2. The number of rotatable bonds is 7. The number of carbonyl (C=O) groups is 1. The van der Waals surface area contributed by atoms with Crippen molar-refractivity contribution < 1.29 is 13.2 Å². The van der Waals surface area contributed by atoms with Gasteiger partial charge in [-0.15, -0.1) is 0 Å². The van der Waals surface area contributed by atoms with Crippen LogP contribution in [-0.2, 0) is 21.2 Å². The fraction of sp³-hybridized carbons (Fsp3) is 0.235. The molecule has 0 aliphatic heterocycles. The van der Waals surface area contributed by atoms with Crippen LogP contribution in [0.3, 0.4) is 0 Å². The molecular weight excluding hydrogens is 392 g/mol. The van der Waals surface area contributed by atoms with Crippen LogP contribution in [0.1, 0.15) is 18.9 Å². The summed E-state index contributed by atoms with van der Waals surface area (Å²) in [5.74, 6) is -0.229. The largest absolute Gasteiger partial charge is 0.326 e. The van der Waals surface area contributed by atoms with Gasteiger partial charge in [0.15, 0.2) is 0 Å². The molecule has 0 atom stereocenters. The molecule has 24 heavy (non-hydrogen) atoms. The minimum atomic E-state index is -3.62. The number of hydrogen-bond acceptors (Lipinski definition) is 3. The van der Waals surface area contributed by atoms with Gasteiger partial charge in [-0.3, -0.25) is 4.79 Å². The molecule has 7 heteroatoms. The Morgan fingerprint density at radius 3 is 2.58 bits per heavy atom. The summed E-state index contributed by atoms with van der Waals surface area (Å²) < 4.78 is 27.4. The number of aryl methyl sites for hydroxylation is 1. The second-order valence-corrected chi connectivity index (χ2v) is 7.85. The Hall–Kier alpha value is -1.70. The Kier molecular flexibility index (Phi) is 6.53. The highest BCUT2D eigenvalue weighted by molar-refractivity contribution is 9.10. The Balaban J connectivity index is 1.90. The zero-order chi connectivity index (χ0) is 17.6. The predicted molar refractivity (Wildman–Crippen MR) is 98.4 cm³/mol. The smallest absolute Gasteiger partial charge is 0.240 e. The van der Waals surface area contributed by atoms with Gasteiger partial charge in [0.2, 0.25) is 15.9 Å². The van der Waals surface area contributed by atoms with Crippen molar-refractivity contribution in [2.24, 2.45) is 0 Å². The van der Waals surface area contributed by atoms with Crippen molar-refractivity contribution in [2.75, 3.05) is 11.9 Å². The molecule has 0 bridgehead atoms. The van der Waals surface area contributed by atoms with Gasteiger partial charge in [-0.2, -0.15) is 0 Å². The van der Waals surface area contributed by atoms with Crippen molar-refractivity contribution in [3.8, 4) is 0 Å². The first kappa shape index (κ1) is 18.6. The van der Waals surface area contributed by atoms with Crippen LogP contribution in [0.4, 0.5) is 5.69 Å². The van der Waals surface area contributed by atoms with E-state index in [0.717, 1.165) is 17.7 Å². The van der Waals surface area contributed by atoms with E-state index in [1.807, 2.05) is 31.2 Å². The molecule has 2 aromatic carbocycles. The predicted octanol–water partition coefficient (Wildman–Crippen LogP) is 3.32. The van der Waals surface area contributed by atoms with Crippen LogP contribution in [0.5, 0.6) is 0 Å². The molecule has 0 aliphatic carbocycles. The molecule has 5 nitrogen and oxygen atoms in total. The Morgan fingerprint density at radius 1 is 1.12 bits per heavy atom. The van der Waals surface area contributed by atoms with Crippen molar-refractivity contribution in [1.82, 2.24) is 4.72 Å². The summed E-state index contributed by atoms with van der Waals surface area (Å²) in [7, 11) is -3.62. The van der Waals surface area contributed by atoms with Crippen molar-refractivity contribution >= 4 is 37.5 Å². The summed E-state index contributed by atoms with van der Waals surface area (Å²) in [6.45, 7) is 2.05. The molecule has 0 saturated heterocycles. The summed E-state index contributed by atoms with van der Waals surface area (Å²) >= 11 is 3.24. The molecule has 0 aromatic heterocycles. The zero-order valence-electron chi connectivity index (χ0n) is 13.3. The van der Waals surface area contributed by atoms with Crippen LogP contribution >= 0.6 is 15.9 Å². The summed E-state index contributed by atoms with van der Waals surface area (Å²) in [5.41, 5.74) is 1.81. The van der Waals surface area contributed by atoms with Crippen molar-refractivity contribution in [1.29, 1.82) is 0 Å². The van der Waals surface area contributed by atoms with Crippen molar-refractivity contribution in [2.45, 2.75) is 24.7 Å². The van der Waals surface area contributed by atoms with Gasteiger partial charge in [0, 0.05) is 23.1 Å². The van der Waals surface area contributed by atoms with Crippen LogP contribution in [0.25, 0.3) is 0 Å². The van der Waals surface area contributed by atoms with Gasteiger partial charge in [0.1, 0.15) is 0 Å². The number of halogens is 1. The van der Waals surface area contributed by atoms with Gasteiger partial charge < -0.3 is 5.32 Å². The highest BCUT2D eigenvalue weighted by Gasteiger charge is 2.14. The highest BCUT2D eigenvalue weighted by Crippen LogP contribution is 2.17. The van der Waals surface area contributed by atoms with E-state index in [9.17, 15) is 13.2 Å². The van der Waals surface area contributed by atoms with Crippen molar-refractivity contribution in [3.05, 3.63) is 58.6 Å². The number of sulfonamides is 1. The third-order valence-corrected chi connectivity index (χ3v) is 5.37. The van der Waals surface area contributed by atoms with E-state index in [-0.39, 0.29) is 23.8 Å². The van der Waals surface area contributed by atoms with E-state index in [1.54, 1.807) is 12.1 Å². The first-order valence-corrected chi connectivity index (χ1v) is 9.83. The molecule has 0 spiro atoms. The lowest BCUT2D eigenvalue weighted by Crippen LogP contribution is -2.28. The molecule has 0 radical (unpaired) electrons. The molecule has 1 amide bonds. The summed E-state index contributed by atoms with van der Waals surface area (Å²) in [5, 5.41) is 2.82. The van der Waals surface area contributed by atoms with E-state index in [2.05, 4.69) is 26.0 Å². The number of carbonyl (C=O) groups excluding carboxylic acids is 1. The standard InChI is InChI=1S/C17H19BrN2O3S/c1-2-13-6-3-4-9-16(13)20-17(21)10-11-19-24(22,23)15-8-5-7-14(18)12-15/h3-9,12,19H,2,10-11H2,1H3,(H,20,21). The van der Waals surface area contributed by atoms with Gasteiger partial charge in [-0.1, -0.05) is 47.1 Å². The molecule has 0 aliphatic rings. The van der Waals surface area contributed by atoms with Crippen molar-refractivity contribution in [3.63, 3.8) is 0 Å². The summed E-state index contributed by atoms with van der Waals surface area (Å²) in [6, 6.07) is 14.0. The summed E-state index contributed by atoms with van der Waals surface area (Å²) in [4.78, 5) is 12.2. The van der Waals surface area contributed by atoms with Crippen LogP contribution in [0.2, 0.25) is 0 Å². The molecule has 2 rings (SSSR count). The normalized spacial score (nSPS) is 11.2. The van der Waals surface area contributed by atoms with Gasteiger partial charge in [-0.25, -0.2) is 13.1 Å². The average Bonchev–Trinajstić information content (AvgIpc) is 2.55. The quantitative estimate of drug-likeness (QED) is 0.734. The molecule has 2 N–H and O–H groups in total. The second-order valence-electron chi connectivity index (χ2n) is 5.16. The van der Waals surface area contributed by atoms with Crippen LogP contribution in [0, 0.1) is 0 Å². The number of hydrogen-bond donors (Lipinski definition) is 2. The number of amides is 1. The van der Waals surface area contributed by atoms with Gasteiger partial charge in [0.25, 0.3) is 0 Å². The average molecular weight is 411 g/mol. The van der Waals surface area contributed by atoms with E-state index >= 15 is 0 Å². The lowest BCUT2D eigenvalue weighted by molar-refractivity contribution is -0.116. The third kappa shape index (κ3) is 5.15. The van der Waals surface area contributed by atoms with E-state index in [1.165, 1.54) is 12.1 Å².